The van der Waals surface area contributed by atoms with Crippen LogP contribution in [-0.4, -0.2) is 70.3 Å². The summed E-state index contributed by atoms with van der Waals surface area (Å²) >= 11 is 0. The van der Waals surface area contributed by atoms with Crippen LogP contribution < -0.4 is 4.74 Å². The molecule has 10 nitrogen and oxygen atoms in total. The number of nitrogens with zero attached hydrogens (tertiary/aromatic N) is 4. The fourth-order valence-corrected chi connectivity index (χ4v) is 6.73. The lowest BCUT2D eigenvalue weighted by Crippen LogP contribution is -2.67. The number of carbonyl (C=O) groups is 1. The van der Waals surface area contributed by atoms with Gasteiger partial charge in [0.05, 0.1) is 30.5 Å². The van der Waals surface area contributed by atoms with Gasteiger partial charge in [0.15, 0.2) is 15.7 Å². The fourth-order valence-electron chi connectivity index (χ4n) is 4.42. The number of nitrogens with one attached hydrogen (secondary N) is 1. The number of methoxy groups -OCH3 is 1. The first-order valence-electron chi connectivity index (χ1n) is 9.88. The van der Waals surface area contributed by atoms with E-state index in [1.165, 1.54) is 17.3 Å². The van der Waals surface area contributed by atoms with E-state index in [0.29, 0.717) is 30.1 Å². The van der Waals surface area contributed by atoms with Crippen molar-refractivity contribution in [3.05, 3.63) is 59.5 Å². The van der Waals surface area contributed by atoms with E-state index in [0.717, 1.165) is 11.3 Å². The van der Waals surface area contributed by atoms with Crippen LogP contribution in [0, 0.1) is 0 Å². The third-order valence-electron chi connectivity index (χ3n) is 6.18. The normalized spacial score (nSPS) is 21.2. The number of sulfone groups is 1. The predicted molar refractivity (Wildman–Crippen MR) is 108 cm³/mol. The molecule has 1 amide bonds. The second-order valence-corrected chi connectivity index (χ2v) is 10.4. The minimum atomic E-state index is -3.40. The zero-order valence-corrected chi connectivity index (χ0v) is 17.6. The Morgan fingerprint density at radius 2 is 2.10 bits per heavy atom. The molecule has 2 aliphatic heterocycles. The van der Waals surface area contributed by atoms with E-state index < -0.39 is 20.5 Å². The van der Waals surface area contributed by atoms with Crippen molar-refractivity contribution in [3.63, 3.8) is 0 Å². The Morgan fingerprint density at radius 1 is 1.32 bits per heavy atom. The molecular formula is C20H21N5O5S. The molecule has 0 radical (unpaired) electrons. The van der Waals surface area contributed by atoms with Crippen LogP contribution in [-0.2, 0) is 16.3 Å². The van der Waals surface area contributed by atoms with Gasteiger partial charge in [-0.05, 0) is 24.1 Å². The number of aromatic amines is 1. The summed E-state index contributed by atoms with van der Waals surface area (Å²) in [5.41, 5.74) is 1.39. The highest BCUT2D eigenvalue weighted by molar-refractivity contribution is 7.93. The third kappa shape index (κ3) is 3.19. The fraction of sp³-hybridized carbons (Fsp3) is 0.400. The van der Waals surface area contributed by atoms with Gasteiger partial charge in [-0.2, -0.15) is 10.1 Å². The lowest BCUT2D eigenvalue weighted by atomic mass is 9.82. The number of hydrogen-bond acceptors (Lipinski definition) is 8. The molecular weight excluding hydrogens is 422 g/mol. The molecule has 2 fully saturated rings. The van der Waals surface area contributed by atoms with Gasteiger partial charge in [0.1, 0.15) is 10.5 Å². The molecule has 1 N–H and O–H groups in total. The number of aromatic nitrogens is 4. The molecule has 1 spiro atoms. The van der Waals surface area contributed by atoms with Crippen LogP contribution in [0.5, 0.6) is 5.75 Å². The maximum absolute atomic E-state index is 12.9. The quantitative estimate of drug-likeness (QED) is 0.622. The molecule has 0 aliphatic carbocycles. The van der Waals surface area contributed by atoms with E-state index in [1.807, 2.05) is 24.3 Å². The Labute approximate surface area is 178 Å². The minimum Gasteiger partial charge on any atom is -0.497 e. The van der Waals surface area contributed by atoms with Crippen molar-refractivity contribution < 1.29 is 22.5 Å². The van der Waals surface area contributed by atoms with Crippen molar-refractivity contribution >= 4 is 15.7 Å². The molecule has 31 heavy (non-hydrogen) atoms. The van der Waals surface area contributed by atoms with Crippen molar-refractivity contribution in [1.82, 2.24) is 25.2 Å². The van der Waals surface area contributed by atoms with Gasteiger partial charge in [0, 0.05) is 25.7 Å². The molecule has 162 valence electrons. The Hall–Kier alpha value is -3.21. The van der Waals surface area contributed by atoms with Crippen molar-refractivity contribution in [2.45, 2.75) is 23.5 Å². The van der Waals surface area contributed by atoms with Gasteiger partial charge in [0.2, 0.25) is 5.89 Å². The second-order valence-electron chi connectivity index (χ2n) is 7.95. The first-order valence-corrected chi connectivity index (χ1v) is 11.5. The van der Waals surface area contributed by atoms with Gasteiger partial charge >= 0.3 is 0 Å². The Morgan fingerprint density at radius 3 is 2.77 bits per heavy atom. The molecule has 11 heteroatoms. The molecule has 4 heterocycles. The van der Waals surface area contributed by atoms with E-state index in [2.05, 4.69) is 20.3 Å². The molecule has 2 aromatic heterocycles. The van der Waals surface area contributed by atoms with Crippen LogP contribution in [0.15, 0.2) is 41.2 Å². The lowest BCUT2D eigenvalue weighted by molar-refractivity contribution is 0.0504. The van der Waals surface area contributed by atoms with Gasteiger partial charge < -0.3 is 14.2 Å². The van der Waals surface area contributed by atoms with Gasteiger partial charge in [-0.3, -0.25) is 9.89 Å². The Balaban J connectivity index is 1.34. The van der Waals surface area contributed by atoms with Crippen molar-refractivity contribution in [1.29, 1.82) is 0 Å². The van der Waals surface area contributed by atoms with Crippen LogP contribution in [0.4, 0.5) is 0 Å². The zero-order chi connectivity index (χ0) is 21.6. The summed E-state index contributed by atoms with van der Waals surface area (Å²) in [6.45, 7) is 0.223. The van der Waals surface area contributed by atoms with Gasteiger partial charge in [-0.1, -0.05) is 17.3 Å². The predicted octanol–water partition coefficient (Wildman–Crippen LogP) is 1.19. The second kappa shape index (κ2) is 7.19. The molecule has 1 aromatic carbocycles. The van der Waals surface area contributed by atoms with Crippen molar-refractivity contribution in [2.24, 2.45) is 0 Å². The van der Waals surface area contributed by atoms with Crippen LogP contribution in [0.25, 0.3) is 0 Å². The van der Waals surface area contributed by atoms with E-state index in [9.17, 15) is 13.2 Å². The highest BCUT2D eigenvalue weighted by atomic mass is 32.2. The number of likely N-dealkylation sites (tertiary alicyclic amines) is 1. The highest BCUT2D eigenvalue weighted by Crippen LogP contribution is 2.49. The SMILES string of the molecule is COc1ccc(Cc2noc(C3CCS(=O)(=O)C34CN(C(=O)c3cn[nH]c3)C4)n2)cc1. The maximum Gasteiger partial charge on any atom is 0.257 e. The van der Waals surface area contributed by atoms with E-state index >= 15 is 0 Å². The lowest BCUT2D eigenvalue weighted by Gasteiger charge is -2.48. The number of rotatable bonds is 5. The Kier molecular flexibility index (Phi) is 4.58. The number of carbonyl (C=O) groups excluding carboxylic acids is 1. The molecule has 0 saturated carbocycles. The number of amides is 1. The summed E-state index contributed by atoms with van der Waals surface area (Å²) in [4.78, 5) is 18.6. The molecule has 1 unspecified atom stereocenters. The zero-order valence-electron chi connectivity index (χ0n) is 16.8. The van der Waals surface area contributed by atoms with Crippen LogP contribution in [0.2, 0.25) is 0 Å². The molecule has 5 rings (SSSR count). The van der Waals surface area contributed by atoms with Gasteiger partial charge in [-0.15, -0.1) is 0 Å². The molecule has 2 aliphatic rings. The summed E-state index contributed by atoms with van der Waals surface area (Å²) in [5, 5.41) is 10.4. The molecule has 0 bridgehead atoms. The van der Waals surface area contributed by atoms with E-state index in [4.69, 9.17) is 9.26 Å². The van der Waals surface area contributed by atoms with Crippen molar-refractivity contribution in [3.8, 4) is 5.75 Å². The standard InChI is InChI=1S/C20H21N5O5S/c1-29-15-4-2-13(3-5-15)8-17-23-18(30-24-17)16-6-7-31(27,28)20(16)11-25(12-20)19(26)14-9-21-22-10-14/h2-5,9-10,16H,6-8,11-12H2,1H3,(H,21,22). The van der Waals surface area contributed by atoms with Crippen LogP contribution in [0.3, 0.4) is 0 Å². The number of hydrogen-bond donors (Lipinski definition) is 1. The smallest absolute Gasteiger partial charge is 0.257 e. The summed E-state index contributed by atoms with van der Waals surface area (Å²) < 4.78 is 35.4. The molecule has 3 aromatic rings. The van der Waals surface area contributed by atoms with Gasteiger partial charge in [-0.25, -0.2) is 8.42 Å². The number of H-pyrrole nitrogens is 1. The highest BCUT2D eigenvalue weighted by Gasteiger charge is 2.64. The largest absolute Gasteiger partial charge is 0.497 e. The summed E-state index contributed by atoms with van der Waals surface area (Å²) in [7, 11) is -1.79. The third-order valence-corrected chi connectivity index (χ3v) is 8.74. The average molecular weight is 443 g/mol. The van der Waals surface area contributed by atoms with Gasteiger partial charge in [0.25, 0.3) is 5.91 Å². The summed E-state index contributed by atoms with van der Waals surface area (Å²) in [6, 6.07) is 7.55. The van der Waals surface area contributed by atoms with Crippen LogP contribution in [0.1, 0.15) is 40.0 Å². The Bertz CT molecular complexity index is 1200. The topological polar surface area (TPSA) is 131 Å². The summed E-state index contributed by atoms with van der Waals surface area (Å²) in [6.07, 6.45) is 3.79. The minimum absolute atomic E-state index is 0.0433. The first kappa shape index (κ1) is 19.7. The van der Waals surface area contributed by atoms with Crippen LogP contribution >= 0.6 is 0 Å². The molecule has 1 atom stereocenters. The molecule has 2 saturated heterocycles. The average Bonchev–Trinajstić information content (AvgIpc) is 3.46. The first-order chi connectivity index (χ1) is 14.9. The maximum atomic E-state index is 12.9. The van der Waals surface area contributed by atoms with E-state index in [-0.39, 0.29) is 24.7 Å². The number of benzene rings is 1. The monoisotopic (exact) mass is 443 g/mol. The number of ether oxygens (including phenoxy) is 1. The van der Waals surface area contributed by atoms with E-state index in [1.54, 1.807) is 7.11 Å². The van der Waals surface area contributed by atoms with Crippen molar-refractivity contribution in [2.75, 3.05) is 26.0 Å². The summed E-state index contributed by atoms with van der Waals surface area (Å²) in [5.74, 6) is 0.941.